The summed E-state index contributed by atoms with van der Waals surface area (Å²) in [6.45, 7) is 6.51. The molecule has 8 heteroatoms. The zero-order chi connectivity index (χ0) is 23.7. The Morgan fingerprint density at radius 2 is 1.82 bits per heavy atom. The lowest BCUT2D eigenvalue weighted by Gasteiger charge is -2.35. The molecule has 2 aromatic heterocycles. The van der Waals surface area contributed by atoms with Gasteiger partial charge in [-0.1, -0.05) is 32.0 Å². The number of benzene rings is 2. The number of hydrogen-bond donors (Lipinski definition) is 1. The van der Waals surface area contributed by atoms with Gasteiger partial charge in [-0.25, -0.2) is 9.07 Å². The van der Waals surface area contributed by atoms with Crippen molar-refractivity contribution in [2.24, 2.45) is 5.92 Å². The molecule has 1 aliphatic rings. The Morgan fingerprint density at radius 1 is 1.09 bits per heavy atom. The van der Waals surface area contributed by atoms with Crippen LogP contribution in [0.3, 0.4) is 0 Å². The van der Waals surface area contributed by atoms with Crippen molar-refractivity contribution in [3.63, 3.8) is 0 Å². The molecule has 0 saturated carbocycles. The molecule has 1 aliphatic heterocycles. The summed E-state index contributed by atoms with van der Waals surface area (Å²) in [5.74, 6) is 0.986. The maximum absolute atomic E-state index is 13.4. The Morgan fingerprint density at radius 3 is 2.56 bits per heavy atom. The van der Waals surface area contributed by atoms with Crippen LogP contribution in [0.1, 0.15) is 55.2 Å². The first-order valence-corrected chi connectivity index (χ1v) is 11.9. The number of likely N-dealkylation sites (tertiary alicyclic amines) is 1. The number of nitrogens with zero attached hydrogens (tertiary/aromatic N) is 5. The number of rotatable bonds is 6. The van der Waals surface area contributed by atoms with Crippen LogP contribution < -0.4 is 5.56 Å². The van der Waals surface area contributed by atoms with Gasteiger partial charge in [-0.3, -0.25) is 9.69 Å². The van der Waals surface area contributed by atoms with Gasteiger partial charge in [-0.05, 0) is 95.5 Å². The lowest BCUT2D eigenvalue weighted by Crippen LogP contribution is -2.40. The van der Waals surface area contributed by atoms with E-state index in [0.717, 1.165) is 48.8 Å². The monoisotopic (exact) mass is 460 g/mol. The van der Waals surface area contributed by atoms with Gasteiger partial charge in [0.05, 0.1) is 6.54 Å². The number of H-pyrrole nitrogens is 1. The number of halogens is 1. The minimum atomic E-state index is -0.374. The number of aryl methyl sites for hydroxylation is 1. The van der Waals surface area contributed by atoms with Gasteiger partial charge in [-0.15, -0.1) is 5.10 Å². The zero-order valence-electron chi connectivity index (χ0n) is 19.5. The van der Waals surface area contributed by atoms with Crippen LogP contribution in [0, 0.1) is 11.7 Å². The molecule has 2 aromatic carbocycles. The van der Waals surface area contributed by atoms with Crippen LogP contribution in [0.4, 0.5) is 4.39 Å². The van der Waals surface area contributed by atoms with Gasteiger partial charge in [0.25, 0.3) is 5.56 Å². The van der Waals surface area contributed by atoms with E-state index in [1.807, 2.05) is 18.2 Å². The van der Waals surface area contributed by atoms with E-state index < -0.39 is 0 Å². The molecule has 1 saturated heterocycles. The summed E-state index contributed by atoms with van der Waals surface area (Å²) in [5, 5.41) is 13.6. The van der Waals surface area contributed by atoms with Gasteiger partial charge in [0.15, 0.2) is 5.82 Å². The minimum Gasteiger partial charge on any atom is -0.322 e. The molecule has 1 N–H and O–H groups in total. The molecule has 1 atom stereocenters. The molecule has 0 bridgehead atoms. The standard InChI is InChI=1S/C26H29FN6O/c1-3-18-6-9-23-20(14-18)15-22(26(34)28-23)24(32-12-10-17(2)11-13-32)25-29-30-31-33(25)16-19-4-7-21(27)8-5-19/h4-9,14-15,17,24H,3,10-13,16H2,1-2H3,(H,28,34). The summed E-state index contributed by atoms with van der Waals surface area (Å²) in [6.07, 6.45) is 3.04. The predicted octanol–water partition coefficient (Wildman–Crippen LogP) is 4.09. The lowest BCUT2D eigenvalue weighted by molar-refractivity contribution is 0.149. The average Bonchev–Trinajstić information content (AvgIpc) is 3.29. The first-order valence-electron chi connectivity index (χ1n) is 11.9. The Balaban J connectivity index is 1.60. The first-order chi connectivity index (χ1) is 16.5. The van der Waals surface area contributed by atoms with Crippen LogP contribution >= 0.6 is 0 Å². The second-order valence-corrected chi connectivity index (χ2v) is 9.27. The summed E-state index contributed by atoms with van der Waals surface area (Å²) in [7, 11) is 0. The Labute approximate surface area is 197 Å². The van der Waals surface area contributed by atoms with Crippen molar-refractivity contribution < 1.29 is 4.39 Å². The summed E-state index contributed by atoms with van der Waals surface area (Å²) >= 11 is 0. The van der Waals surface area contributed by atoms with Crippen molar-refractivity contribution in [1.82, 2.24) is 30.1 Å². The van der Waals surface area contributed by atoms with E-state index in [1.54, 1.807) is 16.8 Å². The van der Waals surface area contributed by atoms with Crippen LogP contribution in [0.25, 0.3) is 10.9 Å². The van der Waals surface area contributed by atoms with Crippen LogP contribution in [-0.2, 0) is 13.0 Å². The summed E-state index contributed by atoms with van der Waals surface area (Å²) in [5.41, 5.74) is 3.45. The minimum absolute atomic E-state index is 0.128. The van der Waals surface area contributed by atoms with Crippen LogP contribution in [0.2, 0.25) is 0 Å². The molecule has 176 valence electrons. The molecule has 0 radical (unpaired) electrons. The molecule has 1 unspecified atom stereocenters. The maximum Gasteiger partial charge on any atom is 0.253 e. The third kappa shape index (κ3) is 4.50. The van der Waals surface area contributed by atoms with Gasteiger partial charge in [0, 0.05) is 11.1 Å². The summed E-state index contributed by atoms with van der Waals surface area (Å²) < 4.78 is 15.1. The lowest BCUT2D eigenvalue weighted by atomic mass is 9.95. The van der Waals surface area contributed by atoms with Crippen molar-refractivity contribution in [3.8, 4) is 0 Å². The van der Waals surface area contributed by atoms with Crippen molar-refractivity contribution in [2.45, 2.75) is 45.7 Å². The van der Waals surface area contributed by atoms with Crippen molar-refractivity contribution in [3.05, 3.63) is 87.2 Å². The number of piperidine rings is 1. The third-order valence-corrected chi connectivity index (χ3v) is 6.87. The maximum atomic E-state index is 13.4. The summed E-state index contributed by atoms with van der Waals surface area (Å²) in [4.78, 5) is 18.7. The van der Waals surface area contributed by atoms with E-state index in [2.05, 4.69) is 45.3 Å². The number of nitrogens with one attached hydrogen (secondary N) is 1. The fraction of sp³-hybridized carbons (Fsp3) is 0.385. The van der Waals surface area contributed by atoms with E-state index in [4.69, 9.17) is 0 Å². The fourth-order valence-electron chi connectivity index (χ4n) is 4.76. The molecule has 34 heavy (non-hydrogen) atoms. The van der Waals surface area contributed by atoms with Gasteiger partial charge >= 0.3 is 0 Å². The highest BCUT2D eigenvalue weighted by Gasteiger charge is 2.32. The van der Waals surface area contributed by atoms with Crippen LogP contribution in [0.15, 0.2) is 53.3 Å². The second-order valence-electron chi connectivity index (χ2n) is 9.27. The van der Waals surface area contributed by atoms with E-state index in [-0.39, 0.29) is 17.4 Å². The van der Waals surface area contributed by atoms with Gasteiger partial charge in [-0.2, -0.15) is 0 Å². The van der Waals surface area contributed by atoms with Gasteiger partial charge < -0.3 is 4.98 Å². The number of aromatic nitrogens is 5. The number of fused-ring (bicyclic) bond motifs is 1. The smallest absolute Gasteiger partial charge is 0.253 e. The third-order valence-electron chi connectivity index (χ3n) is 6.87. The Bertz CT molecular complexity index is 1340. The molecule has 3 heterocycles. The predicted molar refractivity (Wildman–Crippen MR) is 129 cm³/mol. The molecule has 0 amide bonds. The number of tetrazole rings is 1. The summed E-state index contributed by atoms with van der Waals surface area (Å²) in [6, 6.07) is 14.1. The van der Waals surface area contributed by atoms with Crippen molar-refractivity contribution >= 4 is 10.9 Å². The highest BCUT2D eigenvalue weighted by Crippen LogP contribution is 2.31. The van der Waals surface area contributed by atoms with Crippen LogP contribution in [-0.4, -0.2) is 43.2 Å². The van der Waals surface area contributed by atoms with E-state index in [0.29, 0.717) is 23.9 Å². The molecule has 5 rings (SSSR count). The van der Waals surface area contributed by atoms with Crippen molar-refractivity contribution in [1.29, 1.82) is 0 Å². The molecule has 4 aromatic rings. The zero-order valence-corrected chi connectivity index (χ0v) is 19.5. The largest absolute Gasteiger partial charge is 0.322 e. The van der Waals surface area contributed by atoms with Crippen molar-refractivity contribution in [2.75, 3.05) is 13.1 Å². The Hall–Kier alpha value is -3.39. The average molecular weight is 461 g/mol. The topological polar surface area (TPSA) is 79.7 Å². The highest BCUT2D eigenvalue weighted by atomic mass is 19.1. The second kappa shape index (κ2) is 9.46. The molecule has 7 nitrogen and oxygen atoms in total. The number of pyridine rings is 1. The highest BCUT2D eigenvalue weighted by molar-refractivity contribution is 5.80. The molecular weight excluding hydrogens is 431 g/mol. The molecule has 0 aliphatic carbocycles. The van der Waals surface area contributed by atoms with E-state index in [1.165, 1.54) is 17.7 Å². The van der Waals surface area contributed by atoms with Gasteiger partial charge in [0.2, 0.25) is 0 Å². The number of aromatic amines is 1. The van der Waals surface area contributed by atoms with Gasteiger partial charge in [0.1, 0.15) is 11.9 Å². The van der Waals surface area contributed by atoms with E-state index in [9.17, 15) is 9.18 Å². The Kier molecular flexibility index (Phi) is 6.24. The molecule has 1 fully saturated rings. The normalized spacial score (nSPS) is 16.2. The first kappa shape index (κ1) is 22.4. The molecular formula is C26H29FN6O. The number of hydrogen-bond acceptors (Lipinski definition) is 5. The SMILES string of the molecule is CCc1ccc2[nH]c(=O)c(C(c3nnnn3Cc3ccc(F)cc3)N3CCC(C)CC3)cc2c1. The quantitative estimate of drug-likeness (QED) is 0.469. The van der Waals surface area contributed by atoms with E-state index >= 15 is 0 Å². The van der Waals surface area contributed by atoms with Crippen LogP contribution in [0.5, 0.6) is 0 Å². The fourth-order valence-corrected chi connectivity index (χ4v) is 4.76. The molecule has 0 spiro atoms.